The summed E-state index contributed by atoms with van der Waals surface area (Å²) in [4.78, 5) is 49.2. The zero-order valence-corrected chi connectivity index (χ0v) is 17.0. The van der Waals surface area contributed by atoms with Crippen molar-refractivity contribution in [2.24, 2.45) is 0 Å². The lowest BCUT2D eigenvalue weighted by molar-refractivity contribution is -0.148. The second-order valence-electron chi connectivity index (χ2n) is 7.07. The molecule has 1 aromatic carbocycles. The Morgan fingerprint density at radius 2 is 1.73 bits per heavy atom. The molecule has 30 heavy (non-hydrogen) atoms. The smallest absolute Gasteiger partial charge is 0.308 e. The fourth-order valence-corrected chi connectivity index (χ4v) is 3.27. The van der Waals surface area contributed by atoms with Crippen molar-refractivity contribution in [1.82, 2.24) is 20.0 Å². The van der Waals surface area contributed by atoms with Crippen LogP contribution in [0.4, 0.5) is 0 Å². The number of benzene rings is 1. The predicted molar refractivity (Wildman–Crippen MR) is 107 cm³/mol. The van der Waals surface area contributed by atoms with Gasteiger partial charge < -0.3 is 10.1 Å². The number of aromatic nitrogens is 2. The summed E-state index contributed by atoms with van der Waals surface area (Å²) in [7, 11) is 0. The number of carbonyl (C=O) groups is 4. The van der Waals surface area contributed by atoms with Crippen LogP contribution in [0.25, 0.3) is 0 Å². The Bertz CT molecular complexity index is 947. The van der Waals surface area contributed by atoms with E-state index in [4.69, 9.17) is 4.74 Å². The summed E-state index contributed by atoms with van der Waals surface area (Å²) >= 11 is 0. The monoisotopic (exact) mass is 412 g/mol. The topological polar surface area (TPSA) is 111 Å². The third-order valence-corrected chi connectivity index (χ3v) is 4.75. The minimum Gasteiger partial charge on any atom is -0.456 e. The zero-order valence-electron chi connectivity index (χ0n) is 17.0. The lowest BCUT2D eigenvalue weighted by atomic mass is 10.1. The molecule has 0 bridgehead atoms. The maximum atomic E-state index is 12.2. The fourth-order valence-electron chi connectivity index (χ4n) is 3.27. The third-order valence-electron chi connectivity index (χ3n) is 4.75. The number of imide groups is 1. The van der Waals surface area contributed by atoms with Gasteiger partial charge in [0.25, 0.3) is 17.7 Å². The molecular formula is C21H24N4O5. The number of amides is 3. The molecule has 0 atom stereocenters. The van der Waals surface area contributed by atoms with Crippen LogP contribution in [0.1, 0.15) is 44.9 Å². The predicted octanol–water partition coefficient (Wildman–Crippen LogP) is 1.24. The Morgan fingerprint density at radius 3 is 2.33 bits per heavy atom. The van der Waals surface area contributed by atoms with Crippen molar-refractivity contribution in [3.8, 4) is 0 Å². The molecule has 0 unspecified atom stereocenters. The van der Waals surface area contributed by atoms with E-state index in [1.165, 1.54) is 0 Å². The molecule has 3 amide bonds. The Kier molecular flexibility index (Phi) is 6.61. The molecule has 0 radical (unpaired) electrons. The maximum absolute atomic E-state index is 12.2. The molecule has 9 nitrogen and oxygen atoms in total. The Labute approximate surface area is 174 Å². The van der Waals surface area contributed by atoms with Gasteiger partial charge in [-0.05, 0) is 38.5 Å². The van der Waals surface area contributed by atoms with E-state index >= 15 is 0 Å². The molecule has 0 spiro atoms. The van der Waals surface area contributed by atoms with Gasteiger partial charge in [-0.25, -0.2) is 0 Å². The van der Waals surface area contributed by atoms with Gasteiger partial charge in [-0.15, -0.1) is 0 Å². The molecular weight excluding hydrogens is 388 g/mol. The quantitative estimate of drug-likeness (QED) is 0.377. The van der Waals surface area contributed by atoms with E-state index in [2.05, 4.69) is 10.4 Å². The van der Waals surface area contributed by atoms with Gasteiger partial charge >= 0.3 is 5.97 Å². The van der Waals surface area contributed by atoms with Gasteiger partial charge in [-0.3, -0.25) is 28.8 Å². The third kappa shape index (κ3) is 4.91. The molecule has 2 heterocycles. The zero-order chi connectivity index (χ0) is 21.7. The second-order valence-corrected chi connectivity index (χ2v) is 7.07. The van der Waals surface area contributed by atoms with Gasteiger partial charge in [0.1, 0.15) is 0 Å². The molecule has 0 fully saturated rings. The molecule has 2 aromatic rings. The minimum absolute atomic E-state index is 0.0879. The van der Waals surface area contributed by atoms with Crippen LogP contribution in [0.3, 0.4) is 0 Å². The Hall–Kier alpha value is -3.49. The lowest BCUT2D eigenvalue weighted by Gasteiger charge is -2.13. The molecule has 3 rings (SSSR count). The molecule has 1 aliphatic rings. The number of ether oxygens (including phenoxy) is 1. The summed E-state index contributed by atoms with van der Waals surface area (Å²) in [5, 5.41) is 7.03. The van der Waals surface area contributed by atoms with Gasteiger partial charge in [0, 0.05) is 25.3 Å². The summed E-state index contributed by atoms with van der Waals surface area (Å²) in [6, 6.07) is 8.50. The molecule has 1 aliphatic heterocycles. The fraction of sp³-hybridized carbons (Fsp3) is 0.381. The first-order valence-electron chi connectivity index (χ1n) is 9.75. The van der Waals surface area contributed by atoms with Crippen LogP contribution in [0.2, 0.25) is 0 Å². The molecule has 1 N–H and O–H groups in total. The molecule has 158 valence electrons. The molecule has 0 saturated heterocycles. The number of hydrogen-bond donors (Lipinski definition) is 1. The first-order valence-corrected chi connectivity index (χ1v) is 9.75. The summed E-state index contributed by atoms with van der Waals surface area (Å²) in [6.07, 6.45) is 0.526. The number of esters is 1. The first kappa shape index (κ1) is 21.2. The van der Waals surface area contributed by atoms with Crippen molar-refractivity contribution in [2.45, 2.75) is 33.2 Å². The van der Waals surface area contributed by atoms with Gasteiger partial charge in [-0.2, -0.15) is 5.10 Å². The van der Waals surface area contributed by atoms with Crippen LogP contribution in [-0.2, 0) is 20.9 Å². The number of nitrogens with zero attached hydrogens (tertiary/aromatic N) is 3. The summed E-state index contributed by atoms with van der Waals surface area (Å²) in [5.74, 6) is -1.91. The number of nitrogens with one attached hydrogen (secondary N) is 1. The van der Waals surface area contributed by atoms with Crippen molar-refractivity contribution in [3.05, 3.63) is 52.8 Å². The van der Waals surface area contributed by atoms with E-state index in [0.29, 0.717) is 30.6 Å². The number of fused-ring (bicyclic) bond motifs is 1. The van der Waals surface area contributed by atoms with Crippen molar-refractivity contribution < 1.29 is 23.9 Å². The molecule has 9 heteroatoms. The number of aryl methyl sites for hydroxylation is 3. The van der Waals surface area contributed by atoms with Gasteiger partial charge in [-0.1, -0.05) is 12.1 Å². The average molecular weight is 412 g/mol. The van der Waals surface area contributed by atoms with Crippen molar-refractivity contribution in [1.29, 1.82) is 0 Å². The van der Waals surface area contributed by atoms with E-state index in [9.17, 15) is 19.2 Å². The van der Waals surface area contributed by atoms with E-state index in [1.54, 1.807) is 24.3 Å². The standard InChI is InChI=1S/C21H24N4O5/c1-14-12-15(2)25(23-14)10-5-9-22-18(26)13-30-19(27)8-11-24-20(28)16-6-3-4-7-17(16)21(24)29/h3-4,6-7,12H,5,8-11,13H2,1-2H3,(H,22,26). The Morgan fingerprint density at radius 1 is 1.07 bits per heavy atom. The molecule has 1 aromatic heterocycles. The number of rotatable bonds is 9. The summed E-state index contributed by atoms with van der Waals surface area (Å²) in [6.45, 7) is 4.52. The lowest BCUT2D eigenvalue weighted by Crippen LogP contribution is -2.33. The van der Waals surface area contributed by atoms with Crippen molar-refractivity contribution in [2.75, 3.05) is 19.7 Å². The Balaban J connectivity index is 1.33. The molecule has 0 aliphatic carbocycles. The van der Waals surface area contributed by atoms with Crippen LogP contribution in [-0.4, -0.2) is 58.1 Å². The SMILES string of the molecule is Cc1cc(C)n(CCCNC(=O)COC(=O)CCN2C(=O)c3ccccc3C2=O)n1. The van der Waals surface area contributed by atoms with Crippen molar-refractivity contribution >= 4 is 23.7 Å². The van der Waals surface area contributed by atoms with Crippen molar-refractivity contribution in [3.63, 3.8) is 0 Å². The van der Waals surface area contributed by atoms with Crippen LogP contribution in [0.15, 0.2) is 30.3 Å². The minimum atomic E-state index is -0.649. The molecule has 0 saturated carbocycles. The number of hydrogen-bond acceptors (Lipinski definition) is 6. The second kappa shape index (κ2) is 9.34. The highest BCUT2D eigenvalue weighted by Crippen LogP contribution is 2.22. The van der Waals surface area contributed by atoms with E-state index < -0.39 is 30.3 Å². The van der Waals surface area contributed by atoms with Crippen LogP contribution in [0.5, 0.6) is 0 Å². The van der Waals surface area contributed by atoms with Crippen LogP contribution >= 0.6 is 0 Å². The maximum Gasteiger partial charge on any atom is 0.308 e. The van der Waals surface area contributed by atoms with Crippen LogP contribution in [0, 0.1) is 13.8 Å². The van der Waals surface area contributed by atoms with Gasteiger partial charge in [0.15, 0.2) is 6.61 Å². The van der Waals surface area contributed by atoms with E-state index in [-0.39, 0.29) is 13.0 Å². The largest absolute Gasteiger partial charge is 0.456 e. The van der Waals surface area contributed by atoms with E-state index in [1.807, 2.05) is 24.6 Å². The highest BCUT2D eigenvalue weighted by Gasteiger charge is 2.35. The van der Waals surface area contributed by atoms with E-state index in [0.717, 1.165) is 16.3 Å². The average Bonchev–Trinajstić information content (AvgIpc) is 3.17. The highest BCUT2D eigenvalue weighted by molar-refractivity contribution is 6.21. The van der Waals surface area contributed by atoms with Gasteiger partial charge in [0.2, 0.25) is 0 Å². The first-order chi connectivity index (χ1) is 14.4. The highest BCUT2D eigenvalue weighted by atomic mass is 16.5. The normalized spacial score (nSPS) is 12.8. The van der Waals surface area contributed by atoms with Gasteiger partial charge in [0.05, 0.1) is 23.2 Å². The number of carbonyl (C=O) groups excluding carboxylic acids is 4. The summed E-state index contributed by atoms with van der Waals surface area (Å²) < 4.78 is 6.81. The van der Waals surface area contributed by atoms with Crippen LogP contribution < -0.4 is 5.32 Å². The summed E-state index contributed by atoms with van der Waals surface area (Å²) in [5.41, 5.74) is 2.67.